The van der Waals surface area contributed by atoms with E-state index in [0.29, 0.717) is 11.6 Å². The van der Waals surface area contributed by atoms with Crippen molar-refractivity contribution in [3.05, 3.63) is 17.3 Å². The second kappa shape index (κ2) is 4.87. The van der Waals surface area contributed by atoms with Crippen molar-refractivity contribution in [1.29, 1.82) is 0 Å². The number of ether oxygens (including phenoxy) is 1. The zero-order valence-corrected chi connectivity index (χ0v) is 10.9. The molecule has 0 aliphatic rings. The third kappa shape index (κ3) is 3.56. The molecule has 0 unspecified atom stereocenters. The van der Waals surface area contributed by atoms with E-state index in [4.69, 9.17) is 14.3 Å². The molecule has 17 heavy (non-hydrogen) atoms. The number of carboxylic acids is 1. The van der Waals surface area contributed by atoms with Crippen molar-refractivity contribution in [2.75, 3.05) is 0 Å². The second-order valence-corrected chi connectivity index (χ2v) is 5.20. The smallest absolute Gasteiger partial charge is 0.373 e. The van der Waals surface area contributed by atoms with Crippen LogP contribution < -0.4 is 0 Å². The lowest BCUT2D eigenvalue weighted by atomic mass is 9.91. The van der Waals surface area contributed by atoms with Crippen LogP contribution in [-0.4, -0.2) is 22.2 Å². The standard InChI is InChI=1S/C12H19NO4/c1-7(2)16-6-8-13-10(12(3,4)5)9(17-8)11(14)15/h7H,6H2,1-5H3,(H,14,15). The van der Waals surface area contributed by atoms with Crippen LogP contribution in [0.5, 0.6) is 0 Å². The van der Waals surface area contributed by atoms with E-state index in [1.165, 1.54) is 0 Å². The summed E-state index contributed by atoms with van der Waals surface area (Å²) in [5.41, 5.74) is 0.0835. The summed E-state index contributed by atoms with van der Waals surface area (Å²) in [7, 11) is 0. The Kier molecular flexibility index (Phi) is 3.93. The van der Waals surface area contributed by atoms with Gasteiger partial charge in [-0.15, -0.1) is 0 Å². The van der Waals surface area contributed by atoms with Crippen LogP contribution in [0.4, 0.5) is 0 Å². The van der Waals surface area contributed by atoms with Gasteiger partial charge in [-0.1, -0.05) is 20.8 Å². The predicted molar refractivity (Wildman–Crippen MR) is 62.1 cm³/mol. The molecule has 1 N–H and O–H groups in total. The highest BCUT2D eigenvalue weighted by molar-refractivity contribution is 5.86. The first-order valence-corrected chi connectivity index (χ1v) is 5.57. The van der Waals surface area contributed by atoms with Crippen LogP contribution in [0.3, 0.4) is 0 Å². The van der Waals surface area contributed by atoms with Crippen LogP contribution in [0, 0.1) is 0 Å². The van der Waals surface area contributed by atoms with Gasteiger partial charge in [-0.05, 0) is 13.8 Å². The third-order valence-corrected chi connectivity index (χ3v) is 2.12. The van der Waals surface area contributed by atoms with E-state index in [-0.39, 0.29) is 23.9 Å². The number of hydrogen-bond acceptors (Lipinski definition) is 4. The summed E-state index contributed by atoms with van der Waals surface area (Å²) in [5.74, 6) is -0.890. The molecule has 5 heteroatoms. The molecule has 5 nitrogen and oxygen atoms in total. The maximum absolute atomic E-state index is 11.0. The van der Waals surface area contributed by atoms with E-state index >= 15 is 0 Å². The molecule has 0 aromatic carbocycles. The molecule has 1 rings (SSSR count). The Morgan fingerprint density at radius 3 is 2.41 bits per heavy atom. The fraction of sp³-hybridized carbons (Fsp3) is 0.667. The maximum atomic E-state index is 11.0. The first-order chi connectivity index (χ1) is 7.71. The normalized spacial score (nSPS) is 12.1. The van der Waals surface area contributed by atoms with Gasteiger partial charge in [0.1, 0.15) is 6.61 Å². The molecule has 1 heterocycles. The summed E-state index contributed by atoms with van der Waals surface area (Å²) >= 11 is 0. The van der Waals surface area contributed by atoms with Gasteiger partial charge in [0.2, 0.25) is 11.7 Å². The number of carboxylic acid groups (broad SMARTS) is 1. The van der Waals surface area contributed by atoms with Crippen LogP contribution in [0.1, 0.15) is 56.8 Å². The molecule has 0 atom stereocenters. The lowest BCUT2D eigenvalue weighted by Gasteiger charge is -2.14. The van der Waals surface area contributed by atoms with Crippen LogP contribution >= 0.6 is 0 Å². The van der Waals surface area contributed by atoms with Gasteiger partial charge in [0.25, 0.3) is 0 Å². The summed E-state index contributed by atoms with van der Waals surface area (Å²) in [5, 5.41) is 9.05. The van der Waals surface area contributed by atoms with E-state index < -0.39 is 5.97 Å². The minimum absolute atomic E-state index is 0.0493. The summed E-state index contributed by atoms with van der Waals surface area (Å²) in [6.07, 6.45) is 0.0493. The van der Waals surface area contributed by atoms with Gasteiger partial charge in [-0.2, -0.15) is 0 Å². The first-order valence-electron chi connectivity index (χ1n) is 5.57. The summed E-state index contributed by atoms with van der Waals surface area (Å²) in [6, 6.07) is 0. The van der Waals surface area contributed by atoms with Crippen molar-refractivity contribution >= 4 is 5.97 Å². The fourth-order valence-corrected chi connectivity index (χ4v) is 1.32. The van der Waals surface area contributed by atoms with Crippen LogP contribution in [0.15, 0.2) is 4.42 Å². The topological polar surface area (TPSA) is 72.6 Å². The van der Waals surface area contributed by atoms with Crippen LogP contribution in [0.2, 0.25) is 0 Å². The van der Waals surface area contributed by atoms with Gasteiger partial charge >= 0.3 is 5.97 Å². The second-order valence-electron chi connectivity index (χ2n) is 5.20. The molecule has 1 aromatic rings. The van der Waals surface area contributed by atoms with E-state index in [1.807, 2.05) is 34.6 Å². The molecule has 0 saturated carbocycles. The van der Waals surface area contributed by atoms with Crippen LogP contribution in [-0.2, 0) is 16.8 Å². The quantitative estimate of drug-likeness (QED) is 0.877. The predicted octanol–water partition coefficient (Wildman–Crippen LogP) is 2.60. The molecule has 0 aliphatic heterocycles. The van der Waals surface area contributed by atoms with E-state index in [1.54, 1.807) is 0 Å². The lowest BCUT2D eigenvalue weighted by molar-refractivity contribution is 0.0489. The van der Waals surface area contributed by atoms with Crippen LogP contribution in [0.25, 0.3) is 0 Å². The molecule has 0 bridgehead atoms. The maximum Gasteiger partial charge on any atom is 0.373 e. The van der Waals surface area contributed by atoms with Gasteiger partial charge in [0.15, 0.2) is 0 Å². The van der Waals surface area contributed by atoms with Crippen molar-refractivity contribution in [2.24, 2.45) is 0 Å². The highest BCUT2D eigenvalue weighted by Gasteiger charge is 2.28. The third-order valence-electron chi connectivity index (χ3n) is 2.12. The fourth-order valence-electron chi connectivity index (χ4n) is 1.32. The molecule has 0 amide bonds. The average Bonchev–Trinajstić information content (AvgIpc) is 2.57. The monoisotopic (exact) mass is 241 g/mol. The van der Waals surface area contributed by atoms with Gasteiger partial charge < -0.3 is 14.3 Å². The van der Waals surface area contributed by atoms with Crippen molar-refractivity contribution in [2.45, 2.75) is 52.7 Å². The van der Waals surface area contributed by atoms with Gasteiger partial charge in [0, 0.05) is 5.41 Å². The zero-order valence-electron chi connectivity index (χ0n) is 10.9. The Bertz CT molecular complexity index is 401. The van der Waals surface area contributed by atoms with E-state index in [9.17, 15) is 4.79 Å². The molecule has 0 saturated heterocycles. The molecule has 0 radical (unpaired) electrons. The number of oxazole rings is 1. The van der Waals surface area contributed by atoms with Gasteiger partial charge in [-0.3, -0.25) is 0 Å². The van der Waals surface area contributed by atoms with E-state index in [0.717, 1.165) is 0 Å². The number of rotatable bonds is 4. The molecule has 1 aromatic heterocycles. The Morgan fingerprint density at radius 1 is 1.47 bits per heavy atom. The Morgan fingerprint density at radius 2 is 2.06 bits per heavy atom. The van der Waals surface area contributed by atoms with Crippen molar-refractivity contribution < 1.29 is 19.1 Å². The molecular weight excluding hydrogens is 222 g/mol. The molecule has 0 fully saturated rings. The van der Waals surface area contributed by atoms with Crippen molar-refractivity contribution in [3.8, 4) is 0 Å². The number of carbonyl (C=O) groups is 1. The van der Waals surface area contributed by atoms with Crippen molar-refractivity contribution in [3.63, 3.8) is 0 Å². The largest absolute Gasteiger partial charge is 0.475 e. The number of aromatic carboxylic acids is 1. The SMILES string of the molecule is CC(C)OCc1nc(C(C)(C)C)c(C(=O)O)o1. The summed E-state index contributed by atoms with van der Waals surface area (Å²) < 4.78 is 10.6. The molecular formula is C12H19NO4. The highest BCUT2D eigenvalue weighted by atomic mass is 16.5. The summed E-state index contributed by atoms with van der Waals surface area (Å²) in [4.78, 5) is 15.2. The highest BCUT2D eigenvalue weighted by Crippen LogP contribution is 2.26. The molecule has 0 spiro atoms. The molecule has 0 aliphatic carbocycles. The van der Waals surface area contributed by atoms with Gasteiger partial charge in [-0.25, -0.2) is 9.78 Å². The Balaban J connectivity index is 3.01. The Labute approximate surface area is 101 Å². The van der Waals surface area contributed by atoms with Crippen molar-refractivity contribution in [1.82, 2.24) is 4.98 Å². The molecule has 96 valence electrons. The minimum Gasteiger partial charge on any atom is -0.475 e. The zero-order chi connectivity index (χ0) is 13.2. The van der Waals surface area contributed by atoms with E-state index in [2.05, 4.69) is 4.98 Å². The lowest BCUT2D eigenvalue weighted by Crippen LogP contribution is -2.16. The summed E-state index contributed by atoms with van der Waals surface area (Å²) in [6.45, 7) is 9.66. The minimum atomic E-state index is -1.10. The van der Waals surface area contributed by atoms with Gasteiger partial charge in [0.05, 0.1) is 11.8 Å². The first kappa shape index (κ1) is 13.7. The number of hydrogen-bond donors (Lipinski definition) is 1. The number of nitrogens with zero attached hydrogens (tertiary/aromatic N) is 1. The Hall–Kier alpha value is -1.36. The number of aromatic nitrogens is 1. The average molecular weight is 241 g/mol.